The van der Waals surface area contributed by atoms with Crippen LogP contribution in [0.4, 0.5) is 5.13 Å². The van der Waals surface area contributed by atoms with Gasteiger partial charge < -0.3 is 26.1 Å². The first-order chi connectivity index (χ1) is 19.7. The largest absolute Gasteiger partial charge is 0.480 e. The second kappa shape index (κ2) is 11.9. The molecule has 1 aromatic carbocycles. The Morgan fingerprint density at radius 3 is 2.71 bits per heavy atom. The summed E-state index contributed by atoms with van der Waals surface area (Å²) in [6, 6.07) is 7.38. The van der Waals surface area contributed by atoms with E-state index in [4.69, 9.17) is 15.7 Å². The number of carboxylic acid groups (broad SMARTS) is 2. The number of tetrazole rings is 1. The van der Waals surface area contributed by atoms with Gasteiger partial charge >= 0.3 is 11.9 Å². The number of aromatic nitrogens is 6. The Labute approximate surface area is 242 Å². The Morgan fingerprint density at radius 1 is 1.24 bits per heavy atom. The van der Waals surface area contributed by atoms with Crippen LogP contribution in [0.2, 0.25) is 0 Å². The number of carbonyl (C=O) groups is 4. The molecule has 5 N–H and O–H groups in total. The number of aliphatic carboxylic acids is 2. The Bertz CT molecular complexity index is 1570. The molecule has 3 aromatic rings. The lowest BCUT2D eigenvalue weighted by atomic mass is 10.0. The minimum atomic E-state index is -1.32. The monoisotopic (exact) mass is 618 g/mol. The zero-order chi connectivity index (χ0) is 29.1. The molecule has 0 aliphatic carbocycles. The summed E-state index contributed by atoms with van der Waals surface area (Å²) in [5, 5.41) is 35.8. The molecule has 17 nitrogen and oxygen atoms in total. The van der Waals surface area contributed by atoms with E-state index in [1.807, 2.05) is 0 Å². The third kappa shape index (κ3) is 5.98. The van der Waals surface area contributed by atoms with Crippen LogP contribution >= 0.6 is 35.1 Å². The molecule has 1 saturated heterocycles. The molecular formula is C21H18N10O7S3. The Balaban J connectivity index is 1.31. The van der Waals surface area contributed by atoms with Crippen molar-refractivity contribution in [2.75, 3.05) is 17.2 Å². The van der Waals surface area contributed by atoms with E-state index in [1.54, 1.807) is 30.3 Å². The summed E-state index contributed by atoms with van der Waals surface area (Å²) in [7, 11) is 0. The van der Waals surface area contributed by atoms with E-state index < -0.39 is 41.7 Å². The van der Waals surface area contributed by atoms with Crippen LogP contribution in [-0.2, 0) is 25.7 Å². The summed E-state index contributed by atoms with van der Waals surface area (Å²) < 4.78 is 5.08. The molecule has 2 aromatic heterocycles. The molecule has 2 atom stereocenters. The molecule has 2 aliphatic rings. The standard InChI is InChI=1S/C21H18N10O7S3/c22-20-24-15(27-41-20)12(26-38-10-4-2-1-3-5-10)16(34)23-13-17(35)31-14(19(36)37)9(7-39-18(13)31)8-40-21-25-28-29-30(21)6-11(32)33/h1-5,13,18H,6-8H2,(H,23,34)(H,32,33)(H,36,37)(H2,22,24,27)/t13?,18-/m0/s1. The van der Waals surface area contributed by atoms with Crippen molar-refractivity contribution in [2.45, 2.75) is 23.1 Å². The highest BCUT2D eigenvalue weighted by Crippen LogP contribution is 2.41. The van der Waals surface area contributed by atoms with Crippen LogP contribution in [0.1, 0.15) is 5.82 Å². The third-order valence-corrected chi connectivity index (χ3v) is 8.48. The number of thioether (sulfide) groups is 2. The highest BCUT2D eigenvalue weighted by molar-refractivity contribution is 8.01. The lowest BCUT2D eigenvalue weighted by Gasteiger charge is -2.49. The number of para-hydroxylation sites is 1. The van der Waals surface area contributed by atoms with Gasteiger partial charge in [-0.1, -0.05) is 35.1 Å². The van der Waals surface area contributed by atoms with Crippen molar-refractivity contribution in [1.82, 2.24) is 39.8 Å². The van der Waals surface area contributed by atoms with Gasteiger partial charge in [0.1, 0.15) is 23.7 Å². The van der Waals surface area contributed by atoms with Gasteiger partial charge in [-0.25, -0.2) is 9.48 Å². The van der Waals surface area contributed by atoms with Crippen LogP contribution < -0.4 is 15.9 Å². The first kappa shape index (κ1) is 28.0. The number of nitrogen functional groups attached to an aromatic ring is 1. The van der Waals surface area contributed by atoms with Crippen molar-refractivity contribution in [3.8, 4) is 5.75 Å². The summed E-state index contributed by atoms with van der Waals surface area (Å²) in [5.74, 6) is -3.37. The number of hydrogen-bond acceptors (Lipinski definition) is 15. The first-order valence-electron chi connectivity index (χ1n) is 11.4. The first-order valence-corrected chi connectivity index (χ1v) is 14.2. The summed E-state index contributed by atoms with van der Waals surface area (Å²) >= 11 is 3.14. The average molecular weight is 619 g/mol. The fourth-order valence-electron chi connectivity index (χ4n) is 3.78. The van der Waals surface area contributed by atoms with Gasteiger partial charge in [-0.2, -0.15) is 9.36 Å². The second-order valence-electron chi connectivity index (χ2n) is 8.22. The molecule has 0 radical (unpaired) electrons. The normalized spacial score (nSPS) is 18.5. The number of β-lactam (4-membered cyclic amide) rings is 1. The number of anilines is 1. The van der Waals surface area contributed by atoms with E-state index in [2.05, 4.69) is 35.4 Å². The fourth-order valence-corrected chi connectivity index (χ4v) is 6.57. The number of hydrogen-bond donors (Lipinski definition) is 4. The third-order valence-electron chi connectivity index (χ3n) is 5.55. The van der Waals surface area contributed by atoms with Crippen molar-refractivity contribution >= 4 is 69.7 Å². The highest BCUT2D eigenvalue weighted by Gasteiger charge is 2.54. The van der Waals surface area contributed by atoms with E-state index >= 15 is 0 Å². The van der Waals surface area contributed by atoms with Crippen molar-refractivity contribution in [1.29, 1.82) is 0 Å². The van der Waals surface area contributed by atoms with E-state index in [9.17, 15) is 24.3 Å². The smallest absolute Gasteiger partial charge is 0.352 e. The van der Waals surface area contributed by atoms with Crippen molar-refractivity contribution < 1.29 is 34.2 Å². The summed E-state index contributed by atoms with van der Waals surface area (Å²) in [6.45, 7) is -0.465. The quantitative estimate of drug-likeness (QED) is 0.0917. The van der Waals surface area contributed by atoms with Gasteiger partial charge in [-0.15, -0.1) is 16.9 Å². The number of oxime groups is 1. The van der Waals surface area contributed by atoms with Gasteiger partial charge in [0.15, 0.2) is 10.9 Å². The van der Waals surface area contributed by atoms with Gasteiger partial charge in [0, 0.05) is 23.0 Å². The number of benzene rings is 1. The average Bonchev–Trinajstić information content (AvgIpc) is 3.58. The van der Waals surface area contributed by atoms with Gasteiger partial charge in [-0.3, -0.25) is 19.3 Å². The van der Waals surface area contributed by atoms with E-state index in [0.29, 0.717) is 11.3 Å². The molecular weight excluding hydrogens is 600 g/mol. The topological polar surface area (TPSA) is 241 Å². The van der Waals surface area contributed by atoms with Gasteiger partial charge in [0.25, 0.3) is 11.8 Å². The Kier molecular flexibility index (Phi) is 8.12. The molecule has 0 spiro atoms. The summed E-state index contributed by atoms with van der Waals surface area (Å²) in [5.41, 5.74) is 5.54. The minimum Gasteiger partial charge on any atom is -0.480 e. The summed E-state index contributed by atoms with van der Waals surface area (Å²) in [4.78, 5) is 59.9. The van der Waals surface area contributed by atoms with Crippen molar-refractivity contribution in [3.05, 3.63) is 47.4 Å². The van der Waals surface area contributed by atoms with Crippen LogP contribution in [0.15, 0.2) is 51.9 Å². The van der Waals surface area contributed by atoms with E-state index in [0.717, 1.165) is 32.9 Å². The molecule has 2 aliphatic heterocycles. The Morgan fingerprint density at radius 2 is 2.02 bits per heavy atom. The second-order valence-corrected chi connectivity index (χ2v) is 11.1. The predicted molar refractivity (Wildman–Crippen MR) is 144 cm³/mol. The molecule has 212 valence electrons. The number of rotatable bonds is 11. The number of carboxylic acids is 2. The molecule has 1 fully saturated rings. The molecule has 2 amide bonds. The van der Waals surface area contributed by atoms with Gasteiger partial charge in [0.05, 0.1) is 0 Å². The number of carbonyl (C=O) groups excluding carboxylic acids is 2. The van der Waals surface area contributed by atoms with E-state index in [1.165, 1.54) is 11.8 Å². The van der Waals surface area contributed by atoms with E-state index in [-0.39, 0.29) is 39.0 Å². The zero-order valence-electron chi connectivity index (χ0n) is 20.5. The van der Waals surface area contributed by atoms with Gasteiger partial charge in [-0.05, 0) is 28.1 Å². The fraction of sp³-hybridized carbons (Fsp3) is 0.238. The van der Waals surface area contributed by atoms with Crippen LogP contribution in [0.5, 0.6) is 5.75 Å². The molecule has 0 saturated carbocycles. The predicted octanol–water partition coefficient (Wildman–Crippen LogP) is -0.495. The lowest BCUT2D eigenvalue weighted by Crippen LogP contribution is -2.71. The maximum Gasteiger partial charge on any atom is 0.352 e. The zero-order valence-corrected chi connectivity index (χ0v) is 22.9. The van der Waals surface area contributed by atoms with Crippen molar-refractivity contribution in [3.63, 3.8) is 0 Å². The Hall–Kier alpha value is -4.56. The number of amides is 2. The number of nitrogens with zero attached hydrogens (tertiary/aromatic N) is 8. The number of nitrogens with one attached hydrogen (secondary N) is 1. The maximum atomic E-state index is 13.2. The van der Waals surface area contributed by atoms with Crippen LogP contribution in [0, 0.1) is 0 Å². The molecule has 41 heavy (non-hydrogen) atoms. The number of nitrogens with two attached hydrogens (primary N) is 1. The molecule has 20 heteroatoms. The number of fused-ring (bicyclic) bond motifs is 1. The molecule has 4 heterocycles. The highest BCUT2D eigenvalue weighted by atomic mass is 32.2. The van der Waals surface area contributed by atoms with Crippen molar-refractivity contribution in [2.24, 2.45) is 5.16 Å². The summed E-state index contributed by atoms with van der Waals surface area (Å²) in [6.07, 6.45) is 0. The minimum absolute atomic E-state index is 0.0900. The molecule has 5 rings (SSSR count). The van der Waals surface area contributed by atoms with Gasteiger partial charge in [0.2, 0.25) is 16.7 Å². The lowest BCUT2D eigenvalue weighted by molar-refractivity contribution is -0.150. The van der Waals surface area contributed by atoms with Crippen LogP contribution in [0.25, 0.3) is 0 Å². The van der Waals surface area contributed by atoms with Crippen LogP contribution in [-0.4, -0.2) is 97.1 Å². The molecule has 1 unspecified atom stereocenters. The molecule has 0 bridgehead atoms. The maximum absolute atomic E-state index is 13.2. The van der Waals surface area contributed by atoms with Crippen LogP contribution in [0.3, 0.4) is 0 Å². The SMILES string of the molecule is Nc1nc(C(=NOc2ccccc2)C(=O)NC2C(=O)N3C(C(=O)O)=C(CSc4nnnn4CC(=O)O)CS[C@@H]23)ns1.